The van der Waals surface area contributed by atoms with Gasteiger partial charge in [0.25, 0.3) is 0 Å². The van der Waals surface area contributed by atoms with Crippen molar-refractivity contribution in [2.45, 2.75) is 26.7 Å². The summed E-state index contributed by atoms with van der Waals surface area (Å²) in [5, 5.41) is 0. The van der Waals surface area contributed by atoms with E-state index in [9.17, 15) is 0 Å². The first-order valence-corrected chi connectivity index (χ1v) is 6.49. The Hall–Kier alpha value is -0.690. The van der Waals surface area contributed by atoms with Crippen molar-refractivity contribution >= 4 is 11.6 Å². The van der Waals surface area contributed by atoms with Gasteiger partial charge in [-0.3, -0.25) is 0 Å². The predicted molar refractivity (Wildman–Crippen MR) is 70.2 cm³/mol. The largest absolute Gasteiger partial charge is 0.494 e. The van der Waals surface area contributed by atoms with Crippen LogP contribution in [0, 0.1) is 11.8 Å². The van der Waals surface area contributed by atoms with Crippen molar-refractivity contribution < 1.29 is 4.74 Å². The minimum Gasteiger partial charge on any atom is -0.494 e. The van der Waals surface area contributed by atoms with Crippen LogP contribution in [0.5, 0.6) is 5.75 Å². The molecule has 0 bridgehead atoms. The van der Waals surface area contributed by atoms with Crippen molar-refractivity contribution in [1.29, 1.82) is 0 Å². The van der Waals surface area contributed by atoms with Crippen LogP contribution in [0.4, 0.5) is 0 Å². The van der Waals surface area contributed by atoms with Crippen molar-refractivity contribution in [1.82, 2.24) is 0 Å². The van der Waals surface area contributed by atoms with E-state index in [4.69, 9.17) is 16.3 Å². The molecule has 0 fully saturated rings. The van der Waals surface area contributed by atoms with E-state index < -0.39 is 0 Å². The molecule has 1 atom stereocenters. The van der Waals surface area contributed by atoms with Gasteiger partial charge in [0.15, 0.2) is 0 Å². The Morgan fingerprint density at radius 3 is 2.44 bits per heavy atom. The van der Waals surface area contributed by atoms with Crippen molar-refractivity contribution in [2.24, 2.45) is 11.8 Å². The van der Waals surface area contributed by atoms with Crippen molar-refractivity contribution in [3.8, 4) is 5.75 Å². The highest BCUT2D eigenvalue weighted by molar-refractivity contribution is 6.18. The van der Waals surface area contributed by atoms with Crippen LogP contribution >= 0.6 is 11.6 Å². The van der Waals surface area contributed by atoms with Gasteiger partial charge >= 0.3 is 0 Å². The Bertz CT molecular complexity index is 271. The number of hydrogen-bond donors (Lipinski definition) is 0. The number of hydrogen-bond acceptors (Lipinski definition) is 1. The van der Waals surface area contributed by atoms with Crippen LogP contribution < -0.4 is 4.74 Å². The average Bonchev–Trinajstić information content (AvgIpc) is 2.28. The third-order valence-electron chi connectivity index (χ3n) is 2.56. The molecule has 2 heteroatoms. The Morgan fingerprint density at radius 2 is 1.88 bits per heavy atom. The van der Waals surface area contributed by atoms with E-state index in [1.807, 2.05) is 30.3 Å². The lowest BCUT2D eigenvalue weighted by Gasteiger charge is -2.16. The van der Waals surface area contributed by atoms with Crippen LogP contribution in [0.15, 0.2) is 30.3 Å². The first kappa shape index (κ1) is 13.4. The zero-order valence-electron chi connectivity index (χ0n) is 10.2. The fourth-order valence-electron chi connectivity index (χ4n) is 1.78. The predicted octanol–water partition coefficient (Wildman–Crippen LogP) is 4.36. The summed E-state index contributed by atoms with van der Waals surface area (Å²) in [6, 6.07) is 9.94. The molecule has 0 saturated heterocycles. The summed E-state index contributed by atoms with van der Waals surface area (Å²) in [5.74, 6) is 2.96. The summed E-state index contributed by atoms with van der Waals surface area (Å²) >= 11 is 5.94. The SMILES string of the molecule is CC(C)CC(CCl)CCOc1ccccc1. The first-order chi connectivity index (χ1) is 7.72. The standard InChI is InChI=1S/C14H21ClO/c1-12(2)10-13(11-15)8-9-16-14-6-4-3-5-7-14/h3-7,12-13H,8-11H2,1-2H3. The average molecular weight is 241 g/mol. The molecule has 1 nitrogen and oxygen atoms in total. The molecule has 1 unspecified atom stereocenters. The molecule has 0 amide bonds. The third-order valence-corrected chi connectivity index (χ3v) is 3.00. The highest BCUT2D eigenvalue weighted by Gasteiger charge is 2.09. The van der Waals surface area contributed by atoms with Crippen LogP contribution in [0.2, 0.25) is 0 Å². The number of para-hydroxylation sites is 1. The fourth-order valence-corrected chi connectivity index (χ4v) is 2.07. The molecule has 0 aromatic heterocycles. The summed E-state index contributed by atoms with van der Waals surface area (Å²) in [6.45, 7) is 5.23. The summed E-state index contributed by atoms with van der Waals surface area (Å²) in [6.07, 6.45) is 2.22. The molecule has 1 aromatic rings. The monoisotopic (exact) mass is 240 g/mol. The zero-order valence-corrected chi connectivity index (χ0v) is 10.9. The minimum atomic E-state index is 0.574. The van der Waals surface area contributed by atoms with Gasteiger partial charge < -0.3 is 4.74 Å². The second kappa shape index (κ2) is 7.56. The van der Waals surface area contributed by atoms with Crippen molar-refractivity contribution in [3.05, 3.63) is 30.3 Å². The van der Waals surface area contributed by atoms with Gasteiger partial charge in [-0.15, -0.1) is 11.6 Å². The van der Waals surface area contributed by atoms with Crippen LogP contribution in [0.3, 0.4) is 0 Å². The van der Waals surface area contributed by atoms with E-state index in [2.05, 4.69) is 13.8 Å². The lowest BCUT2D eigenvalue weighted by molar-refractivity contribution is 0.271. The number of halogens is 1. The molecular formula is C14H21ClO. The molecule has 0 spiro atoms. The Kier molecular flexibility index (Phi) is 6.32. The van der Waals surface area contributed by atoms with E-state index >= 15 is 0 Å². The molecule has 16 heavy (non-hydrogen) atoms. The fraction of sp³-hybridized carbons (Fsp3) is 0.571. The smallest absolute Gasteiger partial charge is 0.119 e. The first-order valence-electron chi connectivity index (χ1n) is 5.96. The Morgan fingerprint density at radius 1 is 1.19 bits per heavy atom. The van der Waals surface area contributed by atoms with Crippen LogP contribution in [-0.4, -0.2) is 12.5 Å². The summed E-state index contributed by atoms with van der Waals surface area (Å²) in [4.78, 5) is 0. The zero-order chi connectivity index (χ0) is 11.8. The van der Waals surface area contributed by atoms with Gasteiger partial charge in [0.2, 0.25) is 0 Å². The molecule has 0 saturated carbocycles. The highest BCUT2D eigenvalue weighted by Crippen LogP contribution is 2.18. The molecule has 0 aliphatic carbocycles. The maximum Gasteiger partial charge on any atom is 0.119 e. The maximum atomic E-state index is 5.94. The Balaban J connectivity index is 2.23. The molecule has 1 rings (SSSR count). The van der Waals surface area contributed by atoms with Gasteiger partial charge in [0.05, 0.1) is 6.61 Å². The number of alkyl halides is 1. The highest BCUT2D eigenvalue weighted by atomic mass is 35.5. The second-order valence-electron chi connectivity index (χ2n) is 4.60. The molecule has 90 valence electrons. The minimum absolute atomic E-state index is 0.574. The van der Waals surface area contributed by atoms with Gasteiger partial charge in [-0.1, -0.05) is 32.0 Å². The summed E-state index contributed by atoms with van der Waals surface area (Å²) in [5.41, 5.74) is 0. The van der Waals surface area contributed by atoms with Crippen molar-refractivity contribution in [3.63, 3.8) is 0 Å². The maximum absolute atomic E-state index is 5.94. The second-order valence-corrected chi connectivity index (χ2v) is 4.91. The molecule has 0 aliphatic rings. The van der Waals surface area contributed by atoms with E-state index in [1.165, 1.54) is 6.42 Å². The van der Waals surface area contributed by atoms with Gasteiger partial charge in [0.1, 0.15) is 5.75 Å². The van der Waals surface area contributed by atoms with E-state index in [0.717, 1.165) is 24.7 Å². The van der Waals surface area contributed by atoms with Crippen molar-refractivity contribution in [2.75, 3.05) is 12.5 Å². The van der Waals surface area contributed by atoms with Crippen LogP contribution in [-0.2, 0) is 0 Å². The molecule has 1 aromatic carbocycles. The van der Waals surface area contributed by atoms with E-state index in [-0.39, 0.29) is 0 Å². The lowest BCUT2D eigenvalue weighted by Crippen LogP contribution is -2.11. The van der Waals surface area contributed by atoms with Gasteiger partial charge in [0, 0.05) is 5.88 Å². The van der Waals surface area contributed by atoms with E-state index in [0.29, 0.717) is 11.8 Å². The topological polar surface area (TPSA) is 9.23 Å². The molecule has 0 N–H and O–H groups in total. The van der Waals surface area contributed by atoms with Gasteiger partial charge in [-0.05, 0) is 36.8 Å². The molecule has 0 heterocycles. The molecular weight excluding hydrogens is 220 g/mol. The van der Waals surface area contributed by atoms with Crippen LogP contribution in [0.1, 0.15) is 26.7 Å². The molecule has 0 aliphatic heterocycles. The van der Waals surface area contributed by atoms with E-state index in [1.54, 1.807) is 0 Å². The Labute approximate surface area is 104 Å². The third kappa shape index (κ3) is 5.41. The summed E-state index contributed by atoms with van der Waals surface area (Å²) in [7, 11) is 0. The molecule has 0 radical (unpaired) electrons. The normalized spacial score (nSPS) is 12.8. The number of rotatable bonds is 7. The van der Waals surface area contributed by atoms with Gasteiger partial charge in [-0.2, -0.15) is 0 Å². The number of benzene rings is 1. The lowest BCUT2D eigenvalue weighted by atomic mass is 9.96. The van der Waals surface area contributed by atoms with Crippen LogP contribution in [0.25, 0.3) is 0 Å². The van der Waals surface area contributed by atoms with Gasteiger partial charge in [-0.25, -0.2) is 0 Å². The number of ether oxygens (including phenoxy) is 1. The summed E-state index contributed by atoms with van der Waals surface area (Å²) < 4.78 is 5.66. The quantitative estimate of drug-likeness (QED) is 0.644.